The van der Waals surface area contributed by atoms with Gasteiger partial charge in [0.15, 0.2) is 5.96 Å². The molecule has 1 aromatic heterocycles. The average molecular weight is 362 g/mol. The van der Waals surface area contributed by atoms with Crippen LogP contribution in [0.1, 0.15) is 19.5 Å². The molecule has 2 aromatic rings. The van der Waals surface area contributed by atoms with Crippen molar-refractivity contribution in [1.82, 2.24) is 15.6 Å². The van der Waals surface area contributed by atoms with E-state index >= 15 is 0 Å². The summed E-state index contributed by atoms with van der Waals surface area (Å²) in [5.41, 5.74) is 1.81. The normalized spacial score (nSPS) is 12.1. The summed E-state index contributed by atoms with van der Waals surface area (Å²) in [6, 6.07) is 7.92. The summed E-state index contributed by atoms with van der Waals surface area (Å²) in [6.45, 7) is 5.32. The smallest absolute Gasteiger partial charge is 0.191 e. The Hall–Kier alpha value is -2.12. The number of hydrogen-bond acceptors (Lipinski definition) is 5. The monoisotopic (exact) mass is 362 g/mol. The fourth-order valence-electron chi connectivity index (χ4n) is 2.02. The highest BCUT2D eigenvalue weighted by Crippen LogP contribution is 2.25. The molecule has 1 aromatic carbocycles. The molecule has 0 spiro atoms. The van der Waals surface area contributed by atoms with Crippen LogP contribution >= 0.6 is 11.3 Å². The van der Waals surface area contributed by atoms with Gasteiger partial charge in [0.2, 0.25) is 0 Å². The van der Waals surface area contributed by atoms with Gasteiger partial charge >= 0.3 is 0 Å². The third-order valence-electron chi connectivity index (χ3n) is 3.78. The number of aromatic nitrogens is 1. The van der Waals surface area contributed by atoms with E-state index in [0.29, 0.717) is 13.1 Å². The number of thiazole rings is 1. The van der Waals surface area contributed by atoms with Gasteiger partial charge in [0.1, 0.15) is 10.8 Å². The average Bonchev–Trinajstić information content (AvgIpc) is 3.11. The van der Waals surface area contributed by atoms with Crippen molar-refractivity contribution in [3.05, 3.63) is 35.3 Å². The number of aliphatic imine (C=N–C) groups is 1. The third kappa shape index (κ3) is 5.72. The second kappa shape index (κ2) is 8.82. The summed E-state index contributed by atoms with van der Waals surface area (Å²) in [6.07, 6.45) is 0. The highest BCUT2D eigenvalue weighted by atomic mass is 32.1. The molecule has 0 aliphatic heterocycles. The van der Waals surface area contributed by atoms with Gasteiger partial charge in [-0.2, -0.15) is 0 Å². The summed E-state index contributed by atoms with van der Waals surface area (Å²) >= 11 is 1.62. The minimum absolute atomic E-state index is 0.250. The molecular weight excluding hydrogens is 336 g/mol. The molecule has 0 aliphatic rings. The lowest BCUT2D eigenvalue weighted by Crippen LogP contribution is -2.45. The highest BCUT2D eigenvalue weighted by molar-refractivity contribution is 7.13. The fourth-order valence-corrected chi connectivity index (χ4v) is 2.84. The molecule has 2 rings (SSSR count). The quantitative estimate of drug-likeness (QED) is 0.585. The standard InChI is InChI=1S/C18H26N4O2S/c1-18(2,24-5)12-21-17(19-3)20-10-14-11-25-16(22-14)13-6-8-15(23-4)9-7-13/h6-9,11H,10,12H2,1-5H3,(H2,19,20,21). The van der Waals surface area contributed by atoms with Crippen LogP contribution in [0.25, 0.3) is 10.6 Å². The van der Waals surface area contributed by atoms with E-state index in [1.165, 1.54) is 0 Å². The van der Waals surface area contributed by atoms with Crippen LogP contribution in [0.5, 0.6) is 5.75 Å². The number of hydrogen-bond donors (Lipinski definition) is 2. The molecule has 0 atom stereocenters. The van der Waals surface area contributed by atoms with Crippen LogP contribution in [-0.2, 0) is 11.3 Å². The van der Waals surface area contributed by atoms with Gasteiger partial charge in [0.05, 0.1) is 24.9 Å². The fraction of sp³-hybridized carbons (Fsp3) is 0.444. The molecule has 2 N–H and O–H groups in total. The van der Waals surface area contributed by atoms with Crippen LogP contribution in [-0.4, -0.2) is 44.4 Å². The first-order valence-electron chi connectivity index (χ1n) is 8.06. The molecule has 0 fully saturated rings. The van der Waals surface area contributed by atoms with Gasteiger partial charge in [0, 0.05) is 31.6 Å². The van der Waals surface area contributed by atoms with Crippen molar-refractivity contribution in [1.29, 1.82) is 0 Å². The number of guanidine groups is 1. The van der Waals surface area contributed by atoms with Gasteiger partial charge in [-0.1, -0.05) is 0 Å². The third-order valence-corrected chi connectivity index (χ3v) is 4.72. The predicted molar refractivity (Wildman–Crippen MR) is 103 cm³/mol. The van der Waals surface area contributed by atoms with E-state index in [9.17, 15) is 0 Å². The number of methoxy groups -OCH3 is 2. The van der Waals surface area contributed by atoms with Crippen molar-refractivity contribution in [3.63, 3.8) is 0 Å². The van der Waals surface area contributed by atoms with E-state index in [-0.39, 0.29) is 5.60 Å². The topological polar surface area (TPSA) is 67.8 Å². The summed E-state index contributed by atoms with van der Waals surface area (Å²) in [5.74, 6) is 1.57. The van der Waals surface area contributed by atoms with Crippen molar-refractivity contribution < 1.29 is 9.47 Å². The number of benzene rings is 1. The van der Waals surface area contributed by atoms with Crippen LogP contribution in [0.3, 0.4) is 0 Å². The summed E-state index contributed by atoms with van der Waals surface area (Å²) in [4.78, 5) is 8.90. The van der Waals surface area contributed by atoms with Gasteiger partial charge in [-0.15, -0.1) is 11.3 Å². The van der Waals surface area contributed by atoms with Gasteiger partial charge < -0.3 is 20.1 Å². The Morgan fingerprint density at radius 3 is 2.52 bits per heavy atom. The first-order valence-corrected chi connectivity index (χ1v) is 8.94. The first kappa shape index (κ1) is 19.2. The zero-order valence-electron chi connectivity index (χ0n) is 15.4. The maximum atomic E-state index is 5.40. The minimum atomic E-state index is -0.250. The molecule has 0 unspecified atom stereocenters. The van der Waals surface area contributed by atoms with E-state index in [1.807, 2.05) is 38.1 Å². The Labute approximate surface area is 153 Å². The van der Waals surface area contributed by atoms with E-state index in [0.717, 1.165) is 28.0 Å². The van der Waals surface area contributed by atoms with Crippen LogP contribution in [0, 0.1) is 0 Å². The van der Waals surface area contributed by atoms with Crippen LogP contribution < -0.4 is 15.4 Å². The first-order chi connectivity index (χ1) is 12.0. The molecule has 0 bridgehead atoms. The lowest BCUT2D eigenvalue weighted by molar-refractivity contribution is 0.0268. The molecule has 25 heavy (non-hydrogen) atoms. The zero-order chi connectivity index (χ0) is 18.3. The van der Waals surface area contributed by atoms with Crippen molar-refractivity contribution in [2.45, 2.75) is 26.0 Å². The van der Waals surface area contributed by atoms with Crippen LogP contribution in [0.15, 0.2) is 34.6 Å². The lowest BCUT2D eigenvalue weighted by atomic mass is 10.1. The molecule has 7 heteroatoms. The maximum absolute atomic E-state index is 5.40. The van der Waals surface area contributed by atoms with E-state index in [4.69, 9.17) is 9.47 Å². The summed E-state index contributed by atoms with van der Waals surface area (Å²) in [7, 11) is 5.11. The van der Waals surface area contributed by atoms with Crippen LogP contribution in [0.2, 0.25) is 0 Å². The molecule has 6 nitrogen and oxygen atoms in total. The van der Waals surface area contributed by atoms with Gasteiger partial charge in [-0.25, -0.2) is 4.98 Å². The Morgan fingerprint density at radius 1 is 1.20 bits per heavy atom. The molecule has 0 aliphatic carbocycles. The van der Waals surface area contributed by atoms with E-state index < -0.39 is 0 Å². The van der Waals surface area contributed by atoms with E-state index in [2.05, 4.69) is 26.0 Å². The molecule has 1 heterocycles. The lowest BCUT2D eigenvalue weighted by Gasteiger charge is -2.24. The zero-order valence-corrected chi connectivity index (χ0v) is 16.2. The van der Waals surface area contributed by atoms with Crippen LogP contribution in [0.4, 0.5) is 0 Å². The largest absolute Gasteiger partial charge is 0.497 e. The molecule has 136 valence electrons. The van der Waals surface area contributed by atoms with Crippen molar-refractivity contribution in [3.8, 4) is 16.3 Å². The van der Waals surface area contributed by atoms with Crippen molar-refractivity contribution in [2.75, 3.05) is 27.8 Å². The van der Waals surface area contributed by atoms with Crippen molar-refractivity contribution >= 4 is 17.3 Å². The Balaban J connectivity index is 1.91. The van der Waals surface area contributed by atoms with Gasteiger partial charge in [-0.05, 0) is 38.1 Å². The Bertz CT molecular complexity index is 695. The second-order valence-corrected chi connectivity index (χ2v) is 6.97. The molecule has 0 amide bonds. The Morgan fingerprint density at radius 2 is 1.92 bits per heavy atom. The number of nitrogens with zero attached hydrogens (tertiary/aromatic N) is 2. The SMILES string of the molecule is CN=C(NCc1csc(-c2ccc(OC)cc2)n1)NCC(C)(C)OC. The Kier molecular flexibility index (Phi) is 6.78. The van der Waals surface area contributed by atoms with E-state index in [1.54, 1.807) is 32.6 Å². The summed E-state index contributed by atoms with van der Waals surface area (Å²) in [5, 5.41) is 9.57. The number of rotatable bonds is 7. The maximum Gasteiger partial charge on any atom is 0.191 e. The molecule has 0 radical (unpaired) electrons. The minimum Gasteiger partial charge on any atom is -0.497 e. The predicted octanol–water partition coefficient (Wildman–Crippen LogP) is 2.91. The van der Waals surface area contributed by atoms with Gasteiger partial charge in [0.25, 0.3) is 0 Å². The highest BCUT2D eigenvalue weighted by Gasteiger charge is 2.16. The second-order valence-electron chi connectivity index (χ2n) is 6.12. The van der Waals surface area contributed by atoms with Gasteiger partial charge in [-0.3, -0.25) is 4.99 Å². The summed E-state index contributed by atoms with van der Waals surface area (Å²) < 4.78 is 10.6. The number of nitrogens with one attached hydrogen (secondary N) is 2. The molecule has 0 saturated carbocycles. The number of ether oxygens (including phenoxy) is 2. The van der Waals surface area contributed by atoms with Crippen molar-refractivity contribution in [2.24, 2.45) is 4.99 Å². The molecular formula is C18H26N4O2S. The molecule has 0 saturated heterocycles.